The lowest BCUT2D eigenvalue weighted by molar-refractivity contribution is -0.134. The van der Waals surface area contributed by atoms with Gasteiger partial charge in [-0.05, 0) is 31.9 Å². The van der Waals surface area contributed by atoms with E-state index in [1.807, 2.05) is 0 Å². The number of imide groups is 1. The Morgan fingerprint density at radius 3 is 2.63 bits per heavy atom. The van der Waals surface area contributed by atoms with Gasteiger partial charge in [0, 0.05) is 12.5 Å². The molecule has 1 aliphatic carbocycles. The number of hydrogen-bond donors (Lipinski definition) is 2. The van der Waals surface area contributed by atoms with Crippen LogP contribution in [0, 0.1) is 0 Å². The molecule has 142 valence electrons. The van der Waals surface area contributed by atoms with Crippen LogP contribution in [0.3, 0.4) is 0 Å². The van der Waals surface area contributed by atoms with Crippen molar-refractivity contribution >= 4 is 35.1 Å². The van der Waals surface area contributed by atoms with Crippen LogP contribution in [0.15, 0.2) is 24.3 Å². The van der Waals surface area contributed by atoms with E-state index in [0.29, 0.717) is 24.2 Å². The first-order valence-corrected chi connectivity index (χ1v) is 9.26. The standard InChI is InChI=1S/C19H22N4O4/c1-12-10-15(24)20-13-6-2-3-7-14(13)23(12)16(25)11-22-17(26)19(21-18(22)27)8-4-5-9-19/h2-3,6-7,12H,4-5,8-11H2,1H3,(H,20,24)(H,21,27). The highest BCUT2D eigenvalue weighted by Gasteiger charge is 2.53. The number of rotatable bonds is 2. The zero-order valence-electron chi connectivity index (χ0n) is 15.2. The summed E-state index contributed by atoms with van der Waals surface area (Å²) in [6.07, 6.45) is 3.15. The van der Waals surface area contributed by atoms with Crippen LogP contribution < -0.4 is 15.5 Å². The van der Waals surface area contributed by atoms with Gasteiger partial charge in [-0.1, -0.05) is 25.0 Å². The van der Waals surface area contributed by atoms with Gasteiger partial charge in [-0.2, -0.15) is 0 Å². The number of nitrogens with zero attached hydrogens (tertiary/aromatic N) is 2. The summed E-state index contributed by atoms with van der Waals surface area (Å²) in [6.45, 7) is 1.45. The van der Waals surface area contributed by atoms with Crippen molar-refractivity contribution in [2.45, 2.75) is 50.6 Å². The maximum atomic E-state index is 13.1. The molecule has 0 radical (unpaired) electrons. The molecule has 1 atom stereocenters. The molecule has 1 unspecified atom stereocenters. The van der Waals surface area contributed by atoms with Crippen LogP contribution in [0.1, 0.15) is 39.0 Å². The van der Waals surface area contributed by atoms with E-state index in [4.69, 9.17) is 0 Å². The van der Waals surface area contributed by atoms with Gasteiger partial charge >= 0.3 is 6.03 Å². The lowest BCUT2D eigenvalue weighted by Crippen LogP contribution is -2.48. The van der Waals surface area contributed by atoms with Gasteiger partial charge in [-0.25, -0.2) is 4.79 Å². The minimum atomic E-state index is -0.836. The maximum absolute atomic E-state index is 13.1. The van der Waals surface area contributed by atoms with Crippen LogP contribution in [-0.2, 0) is 14.4 Å². The highest BCUT2D eigenvalue weighted by molar-refractivity contribution is 6.12. The number of para-hydroxylation sites is 2. The Labute approximate surface area is 156 Å². The Morgan fingerprint density at radius 2 is 1.89 bits per heavy atom. The van der Waals surface area contributed by atoms with Crippen molar-refractivity contribution in [1.29, 1.82) is 0 Å². The van der Waals surface area contributed by atoms with Crippen molar-refractivity contribution in [3.63, 3.8) is 0 Å². The highest BCUT2D eigenvalue weighted by Crippen LogP contribution is 2.36. The smallest absolute Gasteiger partial charge is 0.324 e. The molecule has 3 aliphatic rings. The van der Waals surface area contributed by atoms with Crippen molar-refractivity contribution < 1.29 is 19.2 Å². The number of amides is 5. The number of urea groups is 1. The zero-order valence-corrected chi connectivity index (χ0v) is 15.2. The number of fused-ring (bicyclic) bond motifs is 1. The second-order valence-corrected chi connectivity index (χ2v) is 7.49. The van der Waals surface area contributed by atoms with Gasteiger partial charge in [0.15, 0.2) is 0 Å². The first kappa shape index (κ1) is 17.5. The molecule has 2 aliphatic heterocycles. The summed E-state index contributed by atoms with van der Waals surface area (Å²) in [5, 5.41) is 5.58. The van der Waals surface area contributed by atoms with Crippen LogP contribution in [0.4, 0.5) is 16.2 Å². The molecule has 1 saturated carbocycles. The number of hydrogen-bond acceptors (Lipinski definition) is 4. The second-order valence-electron chi connectivity index (χ2n) is 7.49. The second kappa shape index (κ2) is 6.37. The SMILES string of the molecule is CC1CC(=O)Nc2ccccc2N1C(=O)CN1C(=O)NC2(CCCC2)C1=O. The normalized spacial score (nSPS) is 23.9. The van der Waals surface area contributed by atoms with E-state index in [-0.39, 0.29) is 36.7 Å². The minimum Gasteiger partial charge on any atom is -0.324 e. The van der Waals surface area contributed by atoms with Gasteiger partial charge in [0.2, 0.25) is 11.8 Å². The summed E-state index contributed by atoms with van der Waals surface area (Å²) in [5.41, 5.74) is 0.283. The predicted molar refractivity (Wildman–Crippen MR) is 98.1 cm³/mol. The molecule has 1 aromatic carbocycles. The van der Waals surface area contributed by atoms with Gasteiger partial charge in [0.05, 0.1) is 11.4 Å². The predicted octanol–water partition coefficient (Wildman–Crippen LogP) is 1.61. The van der Waals surface area contributed by atoms with Crippen molar-refractivity contribution in [2.24, 2.45) is 0 Å². The van der Waals surface area contributed by atoms with Crippen molar-refractivity contribution in [3.05, 3.63) is 24.3 Å². The third-order valence-electron chi connectivity index (χ3n) is 5.62. The van der Waals surface area contributed by atoms with E-state index < -0.39 is 11.6 Å². The molecule has 1 spiro atoms. The van der Waals surface area contributed by atoms with Crippen LogP contribution in [-0.4, -0.2) is 46.8 Å². The fourth-order valence-electron chi connectivity index (χ4n) is 4.32. The van der Waals surface area contributed by atoms with Gasteiger partial charge in [-0.3, -0.25) is 19.3 Å². The molecule has 0 aromatic heterocycles. The summed E-state index contributed by atoms with van der Waals surface area (Å²) >= 11 is 0. The van der Waals surface area contributed by atoms with Gasteiger partial charge < -0.3 is 15.5 Å². The summed E-state index contributed by atoms with van der Waals surface area (Å²) < 4.78 is 0. The monoisotopic (exact) mass is 370 g/mol. The quantitative estimate of drug-likeness (QED) is 0.773. The summed E-state index contributed by atoms with van der Waals surface area (Å²) in [7, 11) is 0. The molecule has 2 fully saturated rings. The highest BCUT2D eigenvalue weighted by atomic mass is 16.2. The van der Waals surface area contributed by atoms with Gasteiger partial charge in [-0.15, -0.1) is 0 Å². The van der Waals surface area contributed by atoms with Crippen molar-refractivity contribution in [1.82, 2.24) is 10.2 Å². The van der Waals surface area contributed by atoms with Gasteiger partial charge in [0.1, 0.15) is 12.1 Å². The lowest BCUT2D eigenvalue weighted by atomic mass is 9.98. The van der Waals surface area contributed by atoms with E-state index in [9.17, 15) is 19.2 Å². The van der Waals surface area contributed by atoms with Crippen LogP contribution >= 0.6 is 0 Å². The van der Waals surface area contributed by atoms with E-state index in [0.717, 1.165) is 17.7 Å². The van der Waals surface area contributed by atoms with E-state index in [2.05, 4.69) is 10.6 Å². The molecular formula is C19H22N4O4. The Hall–Kier alpha value is -2.90. The topological polar surface area (TPSA) is 98.8 Å². The van der Waals surface area contributed by atoms with Crippen LogP contribution in [0.25, 0.3) is 0 Å². The molecule has 8 nitrogen and oxygen atoms in total. The molecule has 0 bridgehead atoms. The maximum Gasteiger partial charge on any atom is 0.325 e. The summed E-state index contributed by atoms with van der Waals surface area (Å²) in [4.78, 5) is 52.9. The first-order valence-electron chi connectivity index (χ1n) is 9.26. The third-order valence-corrected chi connectivity index (χ3v) is 5.62. The van der Waals surface area contributed by atoms with Crippen LogP contribution in [0.2, 0.25) is 0 Å². The number of carbonyl (C=O) groups is 4. The Balaban J connectivity index is 1.60. The fraction of sp³-hybridized carbons (Fsp3) is 0.474. The van der Waals surface area contributed by atoms with E-state index in [1.165, 1.54) is 4.90 Å². The number of anilines is 2. The number of benzene rings is 1. The summed E-state index contributed by atoms with van der Waals surface area (Å²) in [6, 6.07) is 6.14. The Bertz CT molecular complexity index is 831. The molecule has 5 amide bonds. The summed E-state index contributed by atoms with van der Waals surface area (Å²) in [5.74, 6) is -0.876. The van der Waals surface area contributed by atoms with Crippen molar-refractivity contribution in [3.8, 4) is 0 Å². The minimum absolute atomic E-state index is 0.143. The van der Waals surface area contributed by atoms with Crippen molar-refractivity contribution in [2.75, 3.05) is 16.8 Å². The first-order chi connectivity index (χ1) is 12.9. The van der Waals surface area contributed by atoms with Crippen LogP contribution in [0.5, 0.6) is 0 Å². The average Bonchev–Trinajstić information content (AvgIpc) is 3.13. The van der Waals surface area contributed by atoms with Gasteiger partial charge in [0.25, 0.3) is 5.91 Å². The largest absolute Gasteiger partial charge is 0.325 e. The Morgan fingerprint density at radius 1 is 1.19 bits per heavy atom. The Kier molecular flexibility index (Phi) is 4.13. The number of carbonyl (C=O) groups excluding carboxylic acids is 4. The third kappa shape index (κ3) is 2.85. The average molecular weight is 370 g/mol. The molecular weight excluding hydrogens is 348 g/mol. The van der Waals surface area contributed by atoms with E-state index >= 15 is 0 Å². The molecule has 27 heavy (non-hydrogen) atoms. The fourth-order valence-corrected chi connectivity index (χ4v) is 4.32. The molecule has 2 N–H and O–H groups in total. The lowest BCUT2D eigenvalue weighted by Gasteiger charge is -2.29. The zero-order chi connectivity index (χ0) is 19.2. The molecule has 2 heterocycles. The molecule has 8 heteroatoms. The number of nitrogens with one attached hydrogen (secondary N) is 2. The molecule has 4 rings (SSSR count). The van der Waals surface area contributed by atoms with E-state index in [1.54, 1.807) is 31.2 Å². The molecule has 1 saturated heterocycles. The molecule has 1 aromatic rings.